The highest BCUT2D eigenvalue weighted by Crippen LogP contribution is 2.42. The van der Waals surface area contributed by atoms with Crippen LogP contribution in [0.2, 0.25) is 0 Å². The van der Waals surface area contributed by atoms with Gasteiger partial charge >= 0.3 is 6.18 Å². The highest BCUT2D eigenvalue weighted by molar-refractivity contribution is 5.87. The van der Waals surface area contributed by atoms with Gasteiger partial charge < -0.3 is 14.8 Å². The van der Waals surface area contributed by atoms with Gasteiger partial charge in [0.2, 0.25) is 0 Å². The van der Waals surface area contributed by atoms with Crippen molar-refractivity contribution in [3.05, 3.63) is 71.5 Å². The van der Waals surface area contributed by atoms with Gasteiger partial charge in [-0.1, -0.05) is 42.5 Å². The minimum absolute atomic E-state index is 0.104. The summed E-state index contributed by atoms with van der Waals surface area (Å²) in [4.78, 5) is 14.8. The number of halogens is 4. The van der Waals surface area contributed by atoms with E-state index in [1.54, 1.807) is 18.2 Å². The fourth-order valence-electron chi connectivity index (χ4n) is 3.65. The van der Waals surface area contributed by atoms with Crippen molar-refractivity contribution in [2.45, 2.75) is 24.4 Å². The van der Waals surface area contributed by atoms with E-state index in [-0.39, 0.29) is 17.9 Å². The Morgan fingerprint density at radius 2 is 1.84 bits per heavy atom. The van der Waals surface area contributed by atoms with Crippen LogP contribution in [0.3, 0.4) is 0 Å². The lowest BCUT2D eigenvalue weighted by Gasteiger charge is -2.35. The lowest BCUT2D eigenvalue weighted by molar-refractivity contribution is -0.266. The van der Waals surface area contributed by atoms with E-state index < -0.39 is 23.8 Å². The van der Waals surface area contributed by atoms with Crippen LogP contribution in [0.15, 0.2) is 54.6 Å². The van der Waals surface area contributed by atoms with E-state index in [0.29, 0.717) is 26.2 Å². The van der Waals surface area contributed by atoms with Gasteiger partial charge in [-0.3, -0.25) is 9.69 Å². The van der Waals surface area contributed by atoms with Gasteiger partial charge in [0.25, 0.3) is 11.5 Å². The van der Waals surface area contributed by atoms with Gasteiger partial charge in [-0.15, -0.1) is 0 Å². The van der Waals surface area contributed by atoms with E-state index in [1.807, 2.05) is 4.90 Å². The predicted molar refractivity (Wildman–Crippen MR) is 106 cm³/mol. The molecule has 0 radical (unpaired) electrons. The molecule has 5 nitrogen and oxygen atoms in total. The van der Waals surface area contributed by atoms with Crippen molar-refractivity contribution in [1.82, 2.24) is 10.2 Å². The molecular formula is C22H24F4N2O3. The van der Waals surface area contributed by atoms with Crippen LogP contribution in [0, 0.1) is 5.82 Å². The van der Waals surface area contributed by atoms with Crippen LogP contribution in [0.5, 0.6) is 0 Å². The zero-order valence-corrected chi connectivity index (χ0v) is 17.0. The number of ether oxygens (including phenoxy) is 2. The molecule has 0 aromatic heterocycles. The standard InChI is InChI=1S/C22H24F4N2O3/c1-30-21(22(24,25)26,17-5-3-2-4-6-17)20(29)27-13-19-15-28(11-12-31-19)14-16-7-9-18(23)10-8-16/h2-10,19H,11-15H2,1H3,(H,27,29)/t19-,21-/m1/s1. The highest BCUT2D eigenvalue weighted by atomic mass is 19.4. The summed E-state index contributed by atoms with van der Waals surface area (Å²) >= 11 is 0. The average Bonchev–Trinajstić information content (AvgIpc) is 2.75. The Balaban J connectivity index is 1.65. The Morgan fingerprint density at radius 3 is 2.45 bits per heavy atom. The van der Waals surface area contributed by atoms with Crippen molar-refractivity contribution in [3.63, 3.8) is 0 Å². The van der Waals surface area contributed by atoms with Crippen LogP contribution in [0.4, 0.5) is 17.6 Å². The molecule has 0 bridgehead atoms. The Hall–Kier alpha value is -2.49. The van der Waals surface area contributed by atoms with Crippen LogP contribution in [0.25, 0.3) is 0 Å². The monoisotopic (exact) mass is 440 g/mol. The Kier molecular flexibility index (Phi) is 7.30. The number of nitrogens with one attached hydrogen (secondary N) is 1. The summed E-state index contributed by atoms with van der Waals surface area (Å²) in [5, 5.41) is 2.36. The molecule has 0 spiro atoms. The maximum atomic E-state index is 14.0. The van der Waals surface area contributed by atoms with Crippen molar-refractivity contribution in [3.8, 4) is 0 Å². The minimum atomic E-state index is -4.96. The Labute approximate surface area is 177 Å². The van der Waals surface area contributed by atoms with E-state index in [1.165, 1.54) is 36.4 Å². The molecule has 2 aromatic rings. The van der Waals surface area contributed by atoms with Crippen LogP contribution >= 0.6 is 0 Å². The Morgan fingerprint density at radius 1 is 1.16 bits per heavy atom. The van der Waals surface area contributed by atoms with Crippen molar-refractivity contribution in [2.75, 3.05) is 33.4 Å². The van der Waals surface area contributed by atoms with E-state index in [9.17, 15) is 22.4 Å². The number of alkyl halides is 3. The summed E-state index contributed by atoms with van der Waals surface area (Å²) in [6, 6.07) is 12.9. The van der Waals surface area contributed by atoms with E-state index in [4.69, 9.17) is 9.47 Å². The van der Waals surface area contributed by atoms with Gasteiger partial charge in [-0.05, 0) is 17.7 Å². The number of carbonyl (C=O) groups is 1. The SMILES string of the molecule is CO[C@@](C(=O)NC[C@@H]1CN(Cc2ccc(F)cc2)CCO1)(c1ccccc1)C(F)(F)F. The van der Waals surface area contributed by atoms with Gasteiger partial charge in [-0.25, -0.2) is 4.39 Å². The number of methoxy groups -OCH3 is 1. The van der Waals surface area contributed by atoms with Crippen LogP contribution in [0.1, 0.15) is 11.1 Å². The molecule has 0 saturated carbocycles. The van der Waals surface area contributed by atoms with Crippen molar-refractivity contribution >= 4 is 5.91 Å². The van der Waals surface area contributed by atoms with Gasteiger partial charge in [0.15, 0.2) is 0 Å². The lowest BCUT2D eigenvalue weighted by atomic mass is 9.91. The molecule has 1 aliphatic rings. The Bertz CT molecular complexity index is 861. The van der Waals surface area contributed by atoms with Gasteiger partial charge in [-0.2, -0.15) is 13.2 Å². The van der Waals surface area contributed by atoms with Gasteiger partial charge in [0.1, 0.15) is 5.82 Å². The summed E-state index contributed by atoms with van der Waals surface area (Å²) < 4.78 is 65.3. The molecule has 0 unspecified atom stereocenters. The molecule has 3 rings (SSSR count). The maximum absolute atomic E-state index is 14.0. The molecule has 0 aliphatic carbocycles. The molecule has 2 aromatic carbocycles. The van der Waals surface area contributed by atoms with Crippen LogP contribution < -0.4 is 5.32 Å². The molecular weight excluding hydrogens is 416 g/mol. The first-order valence-corrected chi connectivity index (χ1v) is 9.80. The molecule has 1 fully saturated rings. The van der Waals surface area contributed by atoms with Crippen molar-refractivity contribution < 1.29 is 31.8 Å². The number of carbonyl (C=O) groups excluding carboxylic acids is 1. The minimum Gasteiger partial charge on any atom is -0.374 e. The number of benzene rings is 2. The summed E-state index contributed by atoms with van der Waals surface area (Å²) in [5.74, 6) is -1.62. The van der Waals surface area contributed by atoms with E-state index in [0.717, 1.165) is 12.7 Å². The fraction of sp³-hybridized carbons (Fsp3) is 0.409. The molecule has 168 valence electrons. The molecule has 2 atom stereocenters. The number of nitrogens with zero attached hydrogens (tertiary/aromatic N) is 1. The zero-order chi connectivity index (χ0) is 22.5. The average molecular weight is 440 g/mol. The topological polar surface area (TPSA) is 50.8 Å². The molecule has 1 heterocycles. The third-order valence-electron chi connectivity index (χ3n) is 5.24. The normalized spacial score (nSPS) is 19.6. The molecule has 1 N–H and O–H groups in total. The molecule has 1 aliphatic heterocycles. The summed E-state index contributed by atoms with van der Waals surface area (Å²) in [6.45, 7) is 1.84. The second kappa shape index (κ2) is 9.76. The molecule has 31 heavy (non-hydrogen) atoms. The number of amides is 1. The zero-order valence-electron chi connectivity index (χ0n) is 17.0. The second-order valence-electron chi connectivity index (χ2n) is 7.31. The summed E-state index contributed by atoms with van der Waals surface area (Å²) in [5.41, 5.74) is -2.51. The van der Waals surface area contributed by atoms with E-state index >= 15 is 0 Å². The number of rotatable bonds is 7. The highest BCUT2D eigenvalue weighted by Gasteiger charge is 2.62. The summed E-state index contributed by atoms with van der Waals surface area (Å²) in [7, 11) is 0.863. The van der Waals surface area contributed by atoms with Crippen molar-refractivity contribution in [1.29, 1.82) is 0 Å². The van der Waals surface area contributed by atoms with Crippen LogP contribution in [-0.4, -0.2) is 56.4 Å². The van der Waals surface area contributed by atoms with E-state index in [2.05, 4.69) is 5.32 Å². The van der Waals surface area contributed by atoms with Crippen molar-refractivity contribution in [2.24, 2.45) is 0 Å². The molecule has 1 saturated heterocycles. The predicted octanol–water partition coefficient (Wildman–Crippen LogP) is 3.25. The number of hydrogen-bond donors (Lipinski definition) is 1. The first-order valence-electron chi connectivity index (χ1n) is 9.80. The fourth-order valence-corrected chi connectivity index (χ4v) is 3.65. The number of morpholine rings is 1. The van der Waals surface area contributed by atoms with Gasteiger partial charge in [0.05, 0.1) is 12.7 Å². The molecule has 9 heteroatoms. The largest absolute Gasteiger partial charge is 0.430 e. The van der Waals surface area contributed by atoms with Crippen LogP contribution in [-0.2, 0) is 26.4 Å². The third-order valence-corrected chi connectivity index (χ3v) is 5.24. The first kappa shape index (κ1) is 23.2. The second-order valence-corrected chi connectivity index (χ2v) is 7.31. The summed E-state index contributed by atoms with van der Waals surface area (Å²) in [6.07, 6.45) is -5.45. The number of hydrogen-bond acceptors (Lipinski definition) is 4. The smallest absolute Gasteiger partial charge is 0.374 e. The van der Waals surface area contributed by atoms with Gasteiger partial charge in [0, 0.05) is 38.9 Å². The lowest BCUT2D eigenvalue weighted by Crippen LogP contribution is -2.57. The molecule has 1 amide bonds. The maximum Gasteiger partial charge on any atom is 0.430 e. The third kappa shape index (κ3) is 5.23. The quantitative estimate of drug-likeness (QED) is 0.672. The first-order chi connectivity index (χ1) is 14.8.